The van der Waals surface area contributed by atoms with E-state index in [2.05, 4.69) is 5.32 Å². The first-order valence-electron chi connectivity index (χ1n) is 6.40. The summed E-state index contributed by atoms with van der Waals surface area (Å²) in [6.07, 6.45) is -4.24. The minimum Gasteiger partial charge on any atom is -0.464 e. The summed E-state index contributed by atoms with van der Waals surface area (Å²) in [5, 5.41) is 2.32. The maximum Gasteiger partial charge on any atom is 0.401 e. The highest BCUT2D eigenvalue weighted by molar-refractivity contribution is 5.82. The van der Waals surface area contributed by atoms with Crippen molar-refractivity contribution in [3.63, 3.8) is 0 Å². The van der Waals surface area contributed by atoms with Crippen LogP contribution in [0.25, 0.3) is 0 Å². The van der Waals surface area contributed by atoms with Gasteiger partial charge in [-0.25, -0.2) is 4.79 Å². The first kappa shape index (κ1) is 16.5. The molecule has 0 spiro atoms. The second-order valence-corrected chi connectivity index (χ2v) is 4.31. The molecule has 0 amide bonds. The van der Waals surface area contributed by atoms with E-state index in [1.165, 1.54) is 0 Å². The average molecular weight is 289 g/mol. The Labute approximate surface area is 116 Å². The van der Waals surface area contributed by atoms with E-state index in [1.807, 2.05) is 0 Å². The number of carbonyl (C=O) groups excluding carboxylic acids is 1. The Bertz CT molecular complexity index is 434. The summed E-state index contributed by atoms with van der Waals surface area (Å²) in [5.74, 6) is -0.696. The number of halogens is 3. The first-order valence-corrected chi connectivity index (χ1v) is 6.40. The molecule has 0 aliphatic heterocycles. The molecule has 1 N–H and O–H groups in total. The van der Waals surface area contributed by atoms with E-state index >= 15 is 0 Å². The summed E-state index contributed by atoms with van der Waals surface area (Å²) in [6.45, 7) is 2.12. The molecule has 112 valence electrons. The maximum atomic E-state index is 12.5. The number of nitrogens with one attached hydrogen (secondary N) is 1. The fourth-order valence-corrected chi connectivity index (χ4v) is 1.99. The number of benzene rings is 1. The van der Waals surface area contributed by atoms with Crippen molar-refractivity contribution in [2.24, 2.45) is 0 Å². The van der Waals surface area contributed by atoms with Crippen molar-refractivity contribution in [1.82, 2.24) is 5.32 Å². The summed E-state index contributed by atoms with van der Waals surface area (Å²) < 4.78 is 42.4. The van der Waals surface area contributed by atoms with Crippen LogP contribution >= 0.6 is 0 Å². The topological polar surface area (TPSA) is 38.3 Å². The predicted molar refractivity (Wildman–Crippen MR) is 69.1 cm³/mol. The Morgan fingerprint density at radius 3 is 2.25 bits per heavy atom. The van der Waals surface area contributed by atoms with Crippen LogP contribution in [0.3, 0.4) is 0 Å². The van der Waals surface area contributed by atoms with Crippen LogP contribution in [0.2, 0.25) is 0 Å². The van der Waals surface area contributed by atoms with Crippen LogP contribution in [-0.2, 0) is 15.1 Å². The van der Waals surface area contributed by atoms with Gasteiger partial charge in [0, 0.05) is 0 Å². The molecular formula is C14H18F3NO2. The molecule has 1 aromatic carbocycles. The molecule has 0 radical (unpaired) electrons. The lowest BCUT2D eigenvalue weighted by Gasteiger charge is -2.32. The molecule has 6 heteroatoms. The molecule has 1 atom stereocenters. The van der Waals surface area contributed by atoms with E-state index in [-0.39, 0.29) is 13.0 Å². The van der Waals surface area contributed by atoms with Crippen LogP contribution < -0.4 is 5.32 Å². The highest BCUT2D eigenvalue weighted by atomic mass is 19.4. The van der Waals surface area contributed by atoms with Crippen LogP contribution in [0.5, 0.6) is 0 Å². The van der Waals surface area contributed by atoms with Crippen molar-refractivity contribution < 1.29 is 22.7 Å². The van der Waals surface area contributed by atoms with Crippen LogP contribution in [0.4, 0.5) is 13.2 Å². The molecule has 1 unspecified atom stereocenters. The lowest BCUT2D eigenvalue weighted by atomic mass is 9.87. The van der Waals surface area contributed by atoms with Crippen molar-refractivity contribution in [1.29, 1.82) is 0 Å². The predicted octanol–water partition coefficient (Wildman–Crippen LogP) is 3.01. The van der Waals surface area contributed by atoms with Gasteiger partial charge in [0.15, 0.2) is 0 Å². The van der Waals surface area contributed by atoms with E-state index in [9.17, 15) is 18.0 Å². The molecular weight excluding hydrogens is 271 g/mol. The number of esters is 1. The summed E-state index contributed by atoms with van der Waals surface area (Å²) in [7, 11) is 0. The van der Waals surface area contributed by atoms with Gasteiger partial charge in [0.1, 0.15) is 5.54 Å². The number of rotatable bonds is 6. The minimum atomic E-state index is -4.40. The maximum absolute atomic E-state index is 12.5. The summed E-state index contributed by atoms with van der Waals surface area (Å²) in [5.41, 5.74) is -1.02. The molecule has 1 rings (SSSR count). The van der Waals surface area contributed by atoms with Gasteiger partial charge >= 0.3 is 12.1 Å². The van der Waals surface area contributed by atoms with Crippen molar-refractivity contribution in [2.45, 2.75) is 32.0 Å². The number of alkyl halides is 3. The average Bonchev–Trinajstić information content (AvgIpc) is 2.40. The normalized spacial score (nSPS) is 14.7. The second-order valence-electron chi connectivity index (χ2n) is 4.31. The van der Waals surface area contributed by atoms with Crippen molar-refractivity contribution in [2.75, 3.05) is 13.2 Å². The molecule has 3 nitrogen and oxygen atoms in total. The van der Waals surface area contributed by atoms with Crippen LogP contribution in [0.1, 0.15) is 25.8 Å². The van der Waals surface area contributed by atoms with Crippen molar-refractivity contribution in [3.05, 3.63) is 35.9 Å². The zero-order valence-corrected chi connectivity index (χ0v) is 11.5. The Balaban J connectivity index is 3.13. The molecule has 0 saturated carbocycles. The molecule has 0 bridgehead atoms. The quantitative estimate of drug-likeness (QED) is 0.818. The van der Waals surface area contributed by atoms with E-state index in [4.69, 9.17) is 4.74 Å². The van der Waals surface area contributed by atoms with E-state index in [0.717, 1.165) is 0 Å². The molecule has 0 aliphatic rings. The van der Waals surface area contributed by atoms with Crippen molar-refractivity contribution in [3.8, 4) is 0 Å². The molecule has 1 aromatic rings. The lowest BCUT2D eigenvalue weighted by Crippen LogP contribution is -2.52. The van der Waals surface area contributed by atoms with Gasteiger partial charge in [0.25, 0.3) is 0 Å². The Hall–Kier alpha value is -1.56. The minimum absolute atomic E-state index is 0.112. The summed E-state index contributed by atoms with van der Waals surface area (Å²) >= 11 is 0. The smallest absolute Gasteiger partial charge is 0.401 e. The third-order valence-corrected chi connectivity index (χ3v) is 3.01. The van der Waals surface area contributed by atoms with Crippen LogP contribution in [0, 0.1) is 0 Å². The lowest BCUT2D eigenvalue weighted by molar-refractivity contribution is -0.156. The highest BCUT2D eigenvalue weighted by Gasteiger charge is 2.42. The Kier molecular flexibility index (Phi) is 5.56. The van der Waals surface area contributed by atoms with E-state index < -0.39 is 24.2 Å². The van der Waals surface area contributed by atoms with Gasteiger partial charge in [-0.2, -0.15) is 13.2 Å². The van der Waals surface area contributed by atoms with Crippen LogP contribution in [0.15, 0.2) is 30.3 Å². The highest BCUT2D eigenvalue weighted by Crippen LogP contribution is 2.28. The SMILES string of the molecule is CCOC(=O)C(CC)(NCC(F)(F)F)c1ccccc1. The zero-order valence-electron chi connectivity index (χ0n) is 11.5. The third-order valence-electron chi connectivity index (χ3n) is 3.01. The van der Waals surface area contributed by atoms with Gasteiger partial charge in [-0.3, -0.25) is 5.32 Å². The molecule has 0 saturated heterocycles. The molecule has 20 heavy (non-hydrogen) atoms. The van der Waals surface area contributed by atoms with E-state index in [1.54, 1.807) is 44.2 Å². The molecule has 0 heterocycles. The summed E-state index contributed by atoms with van der Waals surface area (Å²) in [6, 6.07) is 8.31. The van der Waals surface area contributed by atoms with Crippen molar-refractivity contribution >= 4 is 5.97 Å². The fraction of sp³-hybridized carbons (Fsp3) is 0.500. The molecule has 0 aromatic heterocycles. The monoisotopic (exact) mass is 289 g/mol. The van der Waals surface area contributed by atoms with Gasteiger partial charge in [-0.15, -0.1) is 0 Å². The fourth-order valence-electron chi connectivity index (χ4n) is 1.99. The third kappa shape index (κ3) is 3.96. The molecule has 0 aliphatic carbocycles. The summed E-state index contributed by atoms with van der Waals surface area (Å²) in [4.78, 5) is 12.2. The van der Waals surface area contributed by atoms with Gasteiger partial charge in [-0.1, -0.05) is 37.3 Å². The second kappa shape index (κ2) is 6.74. The van der Waals surface area contributed by atoms with Gasteiger partial charge < -0.3 is 4.74 Å². The number of carbonyl (C=O) groups is 1. The number of hydrogen-bond donors (Lipinski definition) is 1. The van der Waals surface area contributed by atoms with E-state index in [0.29, 0.717) is 5.56 Å². The zero-order chi connectivity index (χ0) is 15.2. The Morgan fingerprint density at radius 2 is 1.80 bits per heavy atom. The largest absolute Gasteiger partial charge is 0.464 e. The standard InChI is InChI=1S/C14H18F3NO2/c1-3-13(12(19)20-4-2,18-10-14(15,16)17)11-8-6-5-7-9-11/h5-9,18H,3-4,10H2,1-2H3. The number of ether oxygens (including phenoxy) is 1. The van der Waals surface area contributed by atoms with Gasteiger partial charge in [-0.05, 0) is 18.9 Å². The Morgan fingerprint density at radius 1 is 1.20 bits per heavy atom. The van der Waals surface area contributed by atoms with Gasteiger partial charge in [0.05, 0.1) is 13.2 Å². The van der Waals surface area contributed by atoms with Gasteiger partial charge in [0.2, 0.25) is 0 Å². The van der Waals surface area contributed by atoms with Crippen LogP contribution in [-0.4, -0.2) is 25.3 Å². The molecule has 0 fully saturated rings. The first-order chi connectivity index (χ1) is 9.35. The number of hydrogen-bond acceptors (Lipinski definition) is 3.